The fraction of sp³-hybridized carbons (Fsp3) is 0.167. The summed E-state index contributed by atoms with van der Waals surface area (Å²) in [4.78, 5) is 21.0. The second-order valence-electron chi connectivity index (χ2n) is 1.74. The van der Waals surface area contributed by atoms with Gasteiger partial charge in [-0.05, 0) is 6.08 Å². The fourth-order valence-corrected chi connectivity index (χ4v) is 0.568. The molecule has 0 aliphatic carbocycles. The highest BCUT2D eigenvalue weighted by atomic mass is 16.3. The third-order valence-electron chi connectivity index (χ3n) is 0.957. The molecule has 0 saturated heterocycles. The summed E-state index contributed by atoms with van der Waals surface area (Å²) in [5.41, 5.74) is 0. The molecule has 0 fully saturated rings. The number of carbonyl (C=O) groups excluding carboxylic acids is 1. The van der Waals surface area contributed by atoms with Gasteiger partial charge < -0.3 is 0 Å². The highest BCUT2D eigenvalue weighted by Gasteiger charge is 2.10. The number of carbonyl (C=O) groups is 1. The zero-order chi connectivity index (χ0) is 6.69. The molecule has 0 bridgehead atoms. The zero-order valence-corrected chi connectivity index (χ0v) is 4.78. The standard InChI is InChI=1S/C6H6NO2/c8-6-3-1-2-4-7(9)5-6/h1-4H,5H2/q+1. The second kappa shape index (κ2) is 2.35. The topological polar surface area (TPSA) is 37.1 Å². The van der Waals surface area contributed by atoms with E-state index in [0.29, 0.717) is 4.76 Å². The highest BCUT2D eigenvalue weighted by molar-refractivity contribution is 5.90. The zero-order valence-electron chi connectivity index (χ0n) is 4.78. The van der Waals surface area contributed by atoms with E-state index in [9.17, 15) is 9.70 Å². The number of hydrogen-bond donors (Lipinski definition) is 0. The van der Waals surface area contributed by atoms with Crippen LogP contribution in [-0.2, 0) is 4.79 Å². The summed E-state index contributed by atoms with van der Waals surface area (Å²) >= 11 is 0. The molecular weight excluding hydrogens is 118 g/mol. The Hall–Kier alpha value is -1.25. The molecular formula is C6H6NO2+. The molecule has 0 atom stereocenters. The number of hydrogen-bond acceptors (Lipinski definition) is 2. The van der Waals surface area contributed by atoms with Crippen LogP contribution in [0.4, 0.5) is 0 Å². The lowest BCUT2D eigenvalue weighted by Gasteiger charge is -1.76. The van der Waals surface area contributed by atoms with Crippen LogP contribution in [0, 0.1) is 4.91 Å². The molecule has 1 rings (SSSR count). The van der Waals surface area contributed by atoms with Gasteiger partial charge in [0.2, 0.25) is 12.0 Å². The van der Waals surface area contributed by atoms with E-state index in [-0.39, 0.29) is 12.3 Å². The summed E-state index contributed by atoms with van der Waals surface area (Å²) in [6.45, 7) is -0.0625. The maximum atomic E-state index is 10.5. The van der Waals surface area contributed by atoms with Crippen molar-refractivity contribution < 1.29 is 9.55 Å². The SMILES string of the molecule is O=C1C=CC=C[N+](=O)C1. The van der Waals surface area contributed by atoms with E-state index in [2.05, 4.69) is 0 Å². The van der Waals surface area contributed by atoms with E-state index in [1.807, 2.05) is 0 Å². The van der Waals surface area contributed by atoms with Crippen molar-refractivity contribution in [2.75, 3.05) is 6.54 Å². The maximum Gasteiger partial charge on any atom is 0.259 e. The van der Waals surface area contributed by atoms with Gasteiger partial charge in [-0.1, -0.05) is 6.08 Å². The Balaban J connectivity index is 2.76. The molecule has 1 aliphatic rings. The summed E-state index contributed by atoms with van der Waals surface area (Å²) in [5.74, 6) is -0.157. The molecule has 0 aromatic rings. The summed E-state index contributed by atoms with van der Waals surface area (Å²) in [7, 11) is 0. The minimum atomic E-state index is -0.157. The van der Waals surface area contributed by atoms with Crippen molar-refractivity contribution >= 4 is 5.78 Å². The maximum absolute atomic E-state index is 10.5. The van der Waals surface area contributed by atoms with Gasteiger partial charge in [0.05, 0.1) is 0 Å². The van der Waals surface area contributed by atoms with Crippen molar-refractivity contribution in [3.8, 4) is 0 Å². The third-order valence-corrected chi connectivity index (χ3v) is 0.957. The van der Waals surface area contributed by atoms with E-state index in [1.54, 1.807) is 6.08 Å². The molecule has 0 aromatic carbocycles. The van der Waals surface area contributed by atoms with E-state index < -0.39 is 0 Å². The van der Waals surface area contributed by atoms with Crippen LogP contribution in [-0.4, -0.2) is 17.1 Å². The van der Waals surface area contributed by atoms with Crippen LogP contribution in [0.5, 0.6) is 0 Å². The molecule has 0 N–H and O–H groups in total. The number of nitroso groups, excluding NO2 is 1. The van der Waals surface area contributed by atoms with E-state index >= 15 is 0 Å². The van der Waals surface area contributed by atoms with Gasteiger partial charge in [0, 0.05) is 15.7 Å². The molecule has 9 heavy (non-hydrogen) atoms. The van der Waals surface area contributed by atoms with Crippen LogP contribution in [0.3, 0.4) is 0 Å². The Bertz CT molecular complexity index is 181. The molecule has 0 spiro atoms. The van der Waals surface area contributed by atoms with Crippen molar-refractivity contribution in [1.29, 1.82) is 0 Å². The lowest BCUT2D eigenvalue weighted by molar-refractivity contribution is -0.465. The van der Waals surface area contributed by atoms with Crippen molar-refractivity contribution in [3.63, 3.8) is 0 Å². The van der Waals surface area contributed by atoms with E-state index in [4.69, 9.17) is 0 Å². The Morgan fingerprint density at radius 3 is 3.00 bits per heavy atom. The molecule has 0 saturated carbocycles. The van der Waals surface area contributed by atoms with Gasteiger partial charge in [-0.2, -0.15) is 0 Å². The van der Waals surface area contributed by atoms with Crippen LogP contribution < -0.4 is 0 Å². The van der Waals surface area contributed by atoms with Gasteiger partial charge >= 0.3 is 0 Å². The third kappa shape index (κ3) is 1.60. The predicted octanol–water partition coefficient (Wildman–Crippen LogP) is 0.418. The van der Waals surface area contributed by atoms with Crippen molar-refractivity contribution in [2.45, 2.75) is 0 Å². The van der Waals surface area contributed by atoms with E-state index in [1.165, 1.54) is 18.4 Å². The molecule has 0 aromatic heterocycles. The van der Waals surface area contributed by atoms with Crippen LogP contribution >= 0.6 is 0 Å². The number of rotatable bonds is 0. The first kappa shape index (κ1) is 5.88. The lowest BCUT2D eigenvalue weighted by atomic mass is 10.4. The minimum absolute atomic E-state index is 0.0625. The monoisotopic (exact) mass is 124 g/mol. The Kier molecular flexibility index (Phi) is 1.53. The second-order valence-corrected chi connectivity index (χ2v) is 1.74. The van der Waals surface area contributed by atoms with Crippen LogP contribution in [0.2, 0.25) is 0 Å². The summed E-state index contributed by atoms with van der Waals surface area (Å²) in [6, 6.07) is 0. The Labute approximate surface area is 52.2 Å². The minimum Gasteiger partial charge on any atom is -0.287 e. The smallest absolute Gasteiger partial charge is 0.259 e. The molecule has 3 heteroatoms. The molecule has 3 nitrogen and oxygen atoms in total. The average molecular weight is 124 g/mol. The molecule has 0 amide bonds. The lowest BCUT2D eigenvalue weighted by Crippen LogP contribution is -2.09. The number of allylic oxidation sites excluding steroid dienone is 2. The molecule has 0 radical (unpaired) electrons. The van der Waals surface area contributed by atoms with Gasteiger partial charge in [-0.15, -0.1) is 0 Å². The number of nitrogens with zero attached hydrogens (tertiary/aromatic N) is 1. The van der Waals surface area contributed by atoms with Gasteiger partial charge in [0.25, 0.3) is 6.54 Å². The largest absolute Gasteiger partial charge is 0.287 e. The summed E-state index contributed by atoms with van der Waals surface area (Å²) in [5, 5.41) is 0. The summed E-state index contributed by atoms with van der Waals surface area (Å²) < 4.78 is 0.600. The Morgan fingerprint density at radius 2 is 2.22 bits per heavy atom. The van der Waals surface area contributed by atoms with Gasteiger partial charge in [0.15, 0.2) is 0 Å². The molecule has 46 valence electrons. The van der Waals surface area contributed by atoms with Crippen LogP contribution in [0.25, 0.3) is 0 Å². The fourth-order valence-electron chi connectivity index (χ4n) is 0.568. The Morgan fingerprint density at radius 1 is 1.44 bits per heavy atom. The summed E-state index contributed by atoms with van der Waals surface area (Å²) in [6.07, 6.45) is 5.80. The van der Waals surface area contributed by atoms with Crippen LogP contribution in [0.1, 0.15) is 0 Å². The molecule has 0 unspecified atom stereocenters. The molecule has 1 aliphatic heterocycles. The molecule has 1 heterocycles. The number of ketones is 1. The van der Waals surface area contributed by atoms with Gasteiger partial charge in [-0.25, -0.2) is 0 Å². The first-order valence-electron chi connectivity index (χ1n) is 2.60. The van der Waals surface area contributed by atoms with Gasteiger partial charge in [0.1, 0.15) is 0 Å². The average Bonchev–Trinajstić information content (AvgIpc) is 1.93. The van der Waals surface area contributed by atoms with Crippen molar-refractivity contribution in [1.82, 2.24) is 0 Å². The van der Waals surface area contributed by atoms with Crippen LogP contribution in [0.15, 0.2) is 24.4 Å². The van der Waals surface area contributed by atoms with E-state index in [0.717, 1.165) is 0 Å². The normalized spacial score (nSPS) is 18.2. The van der Waals surface area contributed by atoms with Crippen molar-refractivity contribution in [3.05, 3.63) is 29.3 Å². The first-order chi connectivity index (χ1) is 4.29. The van der Waals surface area contributed by atoms with Crippen molar-refractivity contribution in [2.24, 2.45) is 0 Å². The first-order valence-corrected chi connectivity index (χ1v) is 2.60. The highest BCUT2D eigenvalue weighted by Crippen LogP contribution is 1.88. The predicted molar refractivity (Wildman–Crippen MR) is 31.8 cm³/mol. The quantitative estimate of drug-likeness (QED) is 0.439. The van der Waals surface area contributed by atoms with Gasteiger partial charge in [-0.3, -0.25) is 4.79 Å².